The number of carbonyl (C=O) groups is 2. The lowest BCUT2D eigenvalue weighted by atomic mass is 10.0. The van der Waals surface area contributed by atoms with Crippen LogP contribution in [0.2, 0.25) is 5.02 Å². The summed E-state index contributed by atoms with van der Waals surface area (Å²) in [5.74, 6) is -0.800. The molecule has 11 heteroatoms. The highest BCUT2D eigenvalue weighted by atomic mass is 35.5. The molecule has 1 aliphatic heterocycles. The van der Waals surface area contributed by atoms with E-state index in [2.05, 4.69) is 31.4 Å². The van der Waals surface area contributed by atoms with Gasteiger partial charge in [0, 0.05) is 36.2 Å². The highest BCUT2D eigenvalue weighted by molar-refractivity contribution is 6.31. The van der Waals surface area contributed by atoms with E-state index >= 15 is 0 Å². The average molecular weight is 477 g/mol. The molecule has 1 atom stereocenters. The van der Waals surface area contributed by atoms with Crippen LogP contribution in [0.1, 0.15) is 24.2 Å². The number of halogens is 1. The summed E-state index contributed by atoms with van der Waals surface area (Å²) in [7, 11) is 0. The second-order valence-corrected chi connectivity index (χ2v) is 8.68. The number of rotatable bonds is 5. The third-order valence-electron chi connectivity index (χ3n) is 5.98. The van der Waals surface area contributed by atoms with Gasteiger partial charge in [-0.2, -0.15) is 10.4 Å². The van der Waals surface area contributed by atoms with Gasteiger partial charge in [-0.05, 0) is 32.0 Å². The molecule has 5 rings (SSSR count). The average Bonchev–Trinajstić information content (AvgIpc) is 3.38. The fourth-order valence-electron chi connectivity index (χ4n) is 4.11. The predicted octanol–water partition coefficient (Wildman–Crippen LogP) is 2.75. The number of likely N-dealkylation sites (tertiary alicyclic amines) is 1. The van der Waals surface area contributed by atoms with E-state index in [9.17, 15) is 9.59 Å². The summed E-state index contributed by atoms with van der Waals surface area (Å²) in [5.41, 5.74) is 3.17. The molecule has 4 heterocycles. The van der Waals surface area contributed by atoms with Gasteiger partial charge in [-0.15, -0.1) is 0 Å². The highest BCUT2D eigenvalue weighted by Gasteiger charge is 2.33. The zero-order chi connectivity index (χ0) is 24.0. The van der Waals surface area contributed by atoms with Gasteiger partial charge in [-0.25, -0.2) is 9.97 Å². The van der Waals surface area contributed by atoms with E-state index in [0.717, 1.165) is 10.9 Å². The zero-order valence-corrected chi connectivity index (χ0v) is 19.3. The molecule has 1 fully saturated rings. The van der Waals surface area contributed by atoms with Crippen LogP contribution in [-0.4, -0.2) is 60.6 Å². The number of H-pyrrole nitrogens is 1. The van der Waals surface area contributed by atoms with Crippen molar-refractivity contribution in [2.75, 3.05) is 13.1 Å². The number of nitrogens with one attached hydrogen (secondary N) is 2. The molecule has 0 radical (unpaired) electrons. The highest BCUT2D eigenvalue weighted by Crippen LogP contribution is 2.30. The Balaban J connectivity index is 1.44. The molecule has 2 N–H and O–H groups in total. The van der Waals surface area contributed by atoms with Crippen LogP contribution in [0.5, 0.6) is 0 Å². The lowest BCUT2D eigenvalue weighted by Gasteiger charge is -2.37. The summed E-state index contributed by atoms with van der Waals surface area (Å²) >= 11 is 6.17. The topological polar surface area (TPSA) is 133 Å². The minimum Gasteiger partial charge on any atom is -0.344 e. The SMILES string of the molecule is CCn1nc(-c2cnc3[nH]cc(C(=O)NC(C)C(=O)N4CC(C#N)C4)c3n2)c2ccc(Cl)cc21. The Hall–Kier alpha value is -3.97. The standard InChI is InChI=1S/C23H21ClN8O2/c1-3-32-18-6-14(24)4-5-15(18)19(30-32)17-9-27-21-20(29-17)16(8-26-21)22(33)28-12(2)23(34)31-10-13(7-25)11-31/h4-6,8-9,12-13H,3,10-11H2,1-2H3,(H,26,27)(H,28,33). The Labute approximate surface area is 199 Å². The first-order valence-corrected chi connectivity index (χ1v) is 11.3. The van der Waals surface area contributed by atoms with Crippen molar-refractivity contribution in [3.8, 4) is 17.5 Å². The molecule has 2 amide bonds. The van der Waals surface area contributed by atoms with Crippen LogP contribution in [0.3, 0.4) is 0 Å². The number of hydrogen-bond acceptors (Lipinski definition) is 6. The molecule has 1 aliphatic rings. The Morgan fingerprint density at radius 1 is 1.38 bits per heavy atom. The summed E-state index contributed by atoms with van der Waals surface area (Å²) in [4.78, 5) is 39.1. The number of aromatic amines is 1. The van der Waals surface area contributed by atoms with Crippen LogP contribution >= 0.6 is 11.6 Å². The number of hydrogen-bond donors (Lipinski definition) is 2. The summed E-state index contributed by atoms with van der Waals surface area (Å²) in [5, 5.41) is 17.8. The molecule has 34 heavy (non-hydrogen) atoms. The van der Waals surface area contributed by atoms with Crippen molar-refractivity contribution in [2.24, 2.45) is 5.92 Å². The van der Waals surface area contributed by atoms with E-state index in [4.69, 9.17) is 16.9 Å². The Morgan fingerprint density at radius 2 is 2.18 bits per heavy atom. The van der Waals surface area contributed by atoms with Gasteiger partial charge in [0.1, 0.15) is 22.9 Å². The van der Waals surface area contributed by atoms with Gasteiger partial charge in [0.15, 0.2) is 5.65 Å². The molecule has 0 saturated carbocycles. The van der Waals surface area contributed by atoms with E-state index < -0.39 is 11.9 Å². The van der Waals surface area contributed by atoms with Gasteiger partial charge in [-0.3, -0.25) is 14.3 Å². The van der Waals surface area contributed by atoms with Crippen molar-refractivity contribution < 1.29 is 9.59 Å². The van der Waals surface area contributed by atoms with Crippen LogP contribution in [0, 0.1) is 17.2 Å². The van der Waals surface area contributed by atoms with Gasteiger partial charge in [0.05, 0.1) is 29.3 Å². The smallest absolute Gasteiger partial charge is 0.255 e. The maximum atomic E-state index is 13.0. The van der Waals surface area contributed by atoms with Crippen molar-refractivity contribution in [1.82, 2.24) is 34.9 Å². The van der Waals surface area contributed by atoms with Gasteiger partial charge in [0.2, 0.25) is 5.91 Å². The van der Waals surface area contributed by atoms with E-state index in [1.807, 2.05) is 23.7 Å². The fraction of sp³-hybridized carbons (Fsp3) is 0.304. The quantitative estimate of drug-likeness (QED) is 0.455. The number of fused-ring (bicyclic) bond motifs is 2. The van der Waals surface area contributed by atoms with Crippen LogP contribution in [0.25, 0.3) is 33.5 Å². The van der Waals surface area contributed by atoms with E-state index in [1.165, 1.54) is 6.20 Å². The van der Waals surface area contributed by atoms with E-state index in [0.29, 0.717) is 47.2 Å². The lowest BCUT2D eigenvalue weighted by Crippen LogP contribution is -2.55. The number of aromatic nitrogens is 5. The molecule has 10 nitrogen and oxygen atoms in total. The van der Waals surface area contributed by atoms with E-state index in [1.54, 1.807) is 24.1 Å². The van der Waals surface area contributed by atoms with Crippen LogP contribution in [0.4, 0.5) is 0 Å². The van der Waals surface area contributed by atoms with Gasteiger partial charge < -0.3 is 15.2 Å². The van der Waals surface area contributed by atoms with Crippen molar-refractivity contribution in [3.63, 3.8) is 0 Å². The first-order chi connectivity index (χ1) is 16.4. The minimum atomic E-state index is -0.734. The summed E-state index contributed by atoms with van der Waals surface area (Å²) < 4.78 is 1.84. The first kappa shape index (κ1) is 21.9. The Kier molecular flexibility index (Phi) is 5.42. The molecule has 0 aliphatic carbocycles. The zero-order valence-electron chi connectivity index (χ0n) is 18.5. The Morgan fingerprint density at radius 3 is 2.91 bits per heavy atom. The van der Waals surface area contributed by atoms with Crippen molar-refractivity contribution in [3.05, 3.63) is 41.2 Å². The normalized spacial score (nSPS) is 14.7. The maximum Gasteiger partial charge on any atom is 0.255 e. The number of aryl methyl sites for hydroxylation is 1. The van der Waals surface area contributed by atoms with E-state index in [-0.39, 0.29) is 17.4 Å². The van der Waals surface area contributed by atoms with Crippen LogP contribution in [-0.2, 0) is 11.3 Å². The van der Waals surface area contributed by atoms with Crippen LogP contribution in [0.15, 0.2) is 30.6 Å². The Bertz CT molecular complexity index is 1480. The summed E-state index contributed by atoms with van der Waals surface area (Å²) in [6, 6.07) is 6.94. The monoisotopic (exact) mass is 476 g/mol. The predicted molar refractivity (Wildman–Crippen MR) is 126 cm³/mol. The van der Waals surface area contributed by atoms with Gasteiger partial charge in [-0.1, -0.05) is 11.6 Å². The molecular formula is C23H21ClN8O2. The number of carbonyl (C=O) groups excluding carboxylic acids is 2. The second kappa shape index (κ2) is 8.43. The molecule has 1 aromatic carbocycles. The second-order valence-electron chi connectivity index (χ2n) is 8.25. The molecule has 0 bridgehead atoms. The fourth-order valence-corrected chi connectivity index (χ4v) is 4.27. The number of nitriles is 1. The number of amides is 2. The number of benzene rings is 1. The van der Waals surface area contributed by atoms with Crippen molar-refractivity contribution in [2.45, 2.75) is 26.4 Å². The molecule has 4 aromatic rings. The summed E-state index contributed by atoms with van der Waals surface area (Å²) in [6.07, 6.45) is 3.14. The molecule has 172 valence electrons. The third kappa shape index (κ3) is 3.64. The largest absolute Gasteiger partial charge is 0.344 e. The summed E-state index contributed by atoms with van der Waals surface area (Å²) in [6.45, 7) is 5.05. The molecule has 1 saturated heterocycles. The maximum absolute atomic E-state index is 13.0. The molecule has 1 unspecified atom stereocenters. The lowest BCUT2D eigenvalue weighted by molar-refractivity contribution is -0.137. The minimum absolute atomic E-state index is 0.141. The van der Waals surface area contributed by atoms with Crippen LogP contribution < -0.4 is 5.32 Å². The van der Waals surface area contributed by atoms with Crippen molar-refractivity contribution >= 4 is 45.5 Å². The van der Waals surface area contributed by atoms with Gasteiger partial charge >= 0.3 is 0 Å². The first-order valence-electron chi connectivity index (χ1n) is 10.9. The van der Waals surface area contributed by atoms with Gasteiger partial charge in [0.25, 0.3) is 5.91 Å². The number of nitrogens with zero attached hydrogens (tertiary/aromatic N) is 6. The van der Waals surface area contributed by atoms with Crippen molar-refractivity contribution in [1.29, 1.82) is 5.26 Å². The molecule has 0 spiro atoms. The molecular weight excluding hydrogens is 456 g/mol. The molecule has 3 aromatic heterocycles. The third-order valence-corrected chi connectivity index (χ3v) is 6.21.